The van der Waals surface area contributed by atoms with Crippen LogP contribution in [0.2, 0.25) is 0 Å². The maximum Gasteiger partial charge on any atom is 0.0623 e. The maximum absolute atomic E-state index is 5.62. The summed E-state index contributed by atoms with van der Waals surface area (Å²) in [6.45, 7) is 13.4. The van der Waals surface area contributed by atoms with E-state index in [0.717, 1.165) is 30.3 Å². The van der Waals surface area contributed by atoms with Crippen molar-refractivity contribution in [3.05, 3.63) is 0 Å². The van der Waals surface area contributed by atoms with Gasteiger partial charge in [-0.3, -0.25) is 0 Å². The van der Waals surface area contributed by atoms with E-state index in [1.54, 1.807) is 0 Å². The molecule has 3 nitrogen and oxygen atoms in total. The van der Waals surface area contributed by atoms with Gasteiger partial charge in [0.1, 0.15) is 0 Å². The highest BCUT2D eigenvalue weighted by atomic mass is 32.2. The number of nitrogens with one attached hydrogen (secondary N) is 1. The Hall–Kier alpha value is 0.230. The molecule has 2 aliphatic heterocycles. The van der Waals surface area contributed by atoms with Gasteiger partial charge in [-0.1, -0.05) is 20.8 Å². The Morgan fingerprint density at radius 3 is 2.59 bits per heavy atom. The van der Waals surface area contributed by atoms with Gasteiger partial charge in [0, 0.05) is 42.1 Å². The number of nitrogens with zero attached hydrogens (tertiary/aromatic N) is 1. The number of thioether (sulfide) groups is 1. The molecule has 2 fully saturated rings. The number of hydrogen-bond donors (Lipinski definition) is 1. The van der Waals surface area contributed by atoms with Gasteiger partial charge in [-0.05, 0) is 6.54 Å². The van der Waals surface area contributed by atoms with Crippen molar-refractivity contribution in [3.63, 3.8) is 0 Å². The minimum Gasteiger partial charge on any atom is -0.379 e. The van der Waals surface area contributed by atoms with E-state index >= 15 is 0 Å². The summed E-state index contributed by atoms with van der Waals surface area (Å²) >= 11 is 2.13. The molecule has 0 aromatic heterocycles. The van der Waals surface area contributed by atoms with E-state index in [9.17, 15) is 0 Å². The van der Waals surface area contributed by atoms with Crippen molar-refractivity contribution in [1.82, 2.24) is 10.2 Å². The monoisotopic (exact) mass is 258 g/mol. The Morgan fingerprint density at radius 1 is 1.24 bits per heavy atom. The number of hydrogen-bond acceptors (Lipinski definition) is 4. The van der Waals surface area contributed by atoms with Crippen LogP contribution in [0.5, 0.6) is 0 Å². The molecule has 17 heavy (non-hydrogen) atoms. The molecule has 100 valence electrons. The summed E-state index contributed by atoms with van der Waals surface area (Å²) < 4.78 is 5.62. The molecule has 2 saturated heterocycles. The molecule has 4 unspecified atom stereocenters. The smallest absolute Gasteiger partial charge is 0.0623 e. The molecule has 2 aliphatic rings. The third-order valence-corrected chi connectivity index (χ3v) is 4.88. The van der Waals surface area contributed by atoms with E-state index in [2.05, 4.69) is 42.7 Å². The largest absolute Gasteiger partial charge is 0.379 e. The van der Waals surface area contributed by atoms with E-state index in [0.29, 0.717) is 12.0 Å². The highest BCUT2D eigenvalue weighted by Gasteiger charge is 2.31. The fourth-order valence-corrected chi connectivity index (χ4v) is 4.42. The molecule has 0 bridgehead atoms. The Morgan fingerprint density at radius 2 is 1.94 bits per heavy atom. The van der Waals surface area contributed by atoms with Crippen LogP contribution in [0.15, 0.2) is 0 Å². The Balaban J connectivity index is 1.82. The zero-order valence-corrected chi connectivity index (χ0v) is 12.1. The minimum absolute atomic E-state index is 0.570. The quantitative estimate of drug-likeness (QED) is 0.825. The van der Waals surface area contributed by atoms with Gasteiger partial charge >= 0.3 is 0 Å². The van der Waals surface area contributed by atoms with Crippen molar-refractivity contribution < 1.29 is 4.74 Å². The molecule has 0 amide bonds. The van der Waals surface area contributed by atoms with Crippen LogP contribution in [0.3, 0.4) is 0 Å². The van der Waals surface area contributed by atoms with Crippen LogP contribution in [0, 0.1) is 5.92 Å². The summed E-state index contributed by atoms with van der Waals surface area (Å²) in [7, 11) is 0. The Kier molecular flexibility index (Phi) is 5.15. The van der Waals surface area contributed by atoms with Gasteiger partial charge in [-0.15, -0.1) is 0 Å². The molecule has 4 heteroatoms. The highest BCUT2D eigenvalue weighted by molar-refractivity contribution is 8.00. The van der Waals surface area contributed by atoms with Gasteiger partial charge in [-0.2, -0.15) is 11.8 Å². The zero-order chi connectivity index (χ0) is 12.3. The molecule has 0 aromatic carbocycles. The molecule has 0 aliphatic carbocycles. The van der Waals surface area contributed by atoms with Crippen LogP contribution in [0.4, 0.5) is 0 Å². The molecule has 0 aromatic rings. The van der Waals surface area contributed by atoms with Crippen molar-refractivity contribution in [3.8, 4) is 0 Å². The average molecular weight is 258 g/mol. The standard InChI is InChI=1S/C13H26N2OS/c1-4-14-13-9-16-8-12(13)7-15-5-10(2)17-11(3)6-15/h10-14H,4-9H2,1-3H3. The minimum atomic E-state index is 0.570. The van der Waals surface area contributed by atoms with Crippen molar-refractivity contribution in [2.24, 2.45) is 5.92 Å². The number of likely N-dealkylation sites (N-methyl/N-ethyl adjacent to an activating group) is 1. The van der Waals surface area contributed by atoms with Crippen molar-refractivity contribution in [2.45, 2.75) is 37.3 Å². The third-order valence-electron chi connectivity index (χ3n) is 3.65. The molecular weight excluding hydrogens is 232 g/mol. The lowest BCUT2D eigenvalue weighted by Crippen LogP contribution is -2.47. The molecule has 0 spiro atoms. The summed E-state index contributed by atoms with van der Waals surface area (Å²) in [5, 5.41) is 5.10. The number of ether oxygens (including phenoxy) is 1. The molecule has 1 N–H and O–H groups in total. The van der Waals surface area contributed by atoms with Crippen LogP contribution in [0.25, 0.3) is 0 Å². The zero-order valence-electron chi connectivity index (χ0n) is 11.3. The number of rotatable bonds is 4. The van der Waals surface area contributed by atoms with Crippen molar-refractivity contribution in [1.29, 1.82) is 0 Å². The molecule has 2 rings (SSSR count). The first-order valence-electron chi connectivity index (χ1n) is 6.88. The maximum atomic E-state index is 5.62. The first kappa shape index (κ1) is 13.7. The lowest BCUT2D eigenvalue weighted by molar-refractivity contribution is 0.166. The van der Waals surface area contributed by atoms with Crippen LogP contribution in [0.1, 0.15) is 20.8 Å². The predicted octanol–water partition coefficient (Wildman–Crippen LogP) is 1.44. The van der Waals surface area contributed by atoms with E-state index in [4.69, 9.17) is 4.74 Å². The van der Waals surface area contributed by atoms with Gasteiger partial charge in [0.2, 0.25) is 0 Å². The fourth-order valence-electron chi connectivity index (χ4n) is 3.03. The Labute approximate surface area is 110 Å². The molecule has 2 heterocycles. The van der Waals surface area contributed by atoms with Gasteiger partial charge in [0.25, 0.3) is 0 Å². The molecule has 0 radical (unpaired) electrons. The lowest BCUT2D eigenvalue weighted by Gasteiger charge is -2.36. The van der Waals surface area contributed by atoms with E-state index in [-0.39, 0.29) is 0 Å². The average Bonchev–Trinajstić information content (AvgIpc) is 2.65. The van der Waals surface area contributed by atoms with Crippen LogP contribution in [-0.4, -0.2) is 60.8 Å². The first-order chi connectivity index (χ1) is 8.19. The van der Waals surface area contributed by atoms with Gasteiger partial charge in [0.05, 0.1) is 13.2 Å². The van der Waals surface area contributed by atoms with Crippen LogP contribution >= 0.6 is 11.8 Å². The summed E-state index contributed by atoms with van der Waals surface area (Å²) in [5.41, 5.74) is 0. The lowest BCUT2D eigenvalue weighted by atomic mass is 10.0. The van der Waals surface area contributed by atoms with Crippen LogP contribution in [-0.2, 0) is 4.74 Å². The van der Waals surface area contributed by atoms with E-state index in [1.165, 1.54) is 19.6 Å². The SMILES string of the molecule is CCNC1COCC1CN1CC(C)SC(C)C1. The normalized spacial score (nSPS) is 39.7. The summed E-state index contributed by atoms with van der Waals surface area (Å²) in [5.74, 6) is 0.678. The summed E-state index contributed by atoms with van der Waals surface area (Å²) in [6.07, 6.45) is 0. The molecule has 4 atom stereocenters. The predicted molar refractivity (Wildman–Crippen MR) is 74.7 cm³/mol. The van der Waals surface area contributed by atoms with E-state index < -0.39 is 0 Å². The topological polar surface area (TPSA) is 24.5 Å². The second-order valence-electron chi connectivity index (χ2n) is 5.44. The molecular formula is C13H26N2OS. The summed E-state index contributed by atoms with van der Waals surface area (Å²) in [6, 6.07) is 0.570. The van der Waals surface area contributed by atoms with Crippen molar-refractivity contribution >= 4 is 11.8 Å². The van der Waals surface area contributed by atoms with Crippen molar-refractivity contribution in [2.75, 3.05) is 39.4 Å². The van der Waals surface area contributed by atoms with Gasteiger partial charge in [0.15, 0.2) is 0 Å². The van der Waals surface area contributed by atoms with Gasteiger partial charge < -0.3 is 15.0 Å². The second-order valence-corrected chi connectivity index (χ2v) is 7.32. The third kappa shape index (κ3) is 3.85. The molecule has 0 saturated carbocycles. The Bertz CT molecular complexity index is 229. The van der Waals surface area contributed by atoms with Crippen LogP contribution < -0.4 is 5.32 Å². The van der Waals surface area contributed by atoms with E-state index in [1.807, 2.05) is 0 Å². The first-order valence-corrected chi connectivity index (χ1v) is 7.82. The highest BCUT2D eigenvalue weighted by Crippen LogP contribution is 2.26. The fraction of sp³-hybridized carbons (Fsp3) is 1.00. The summed E-state index contributed by atoms with van der Waals surface area (Å²) in [4.78, 5) is 2.63. The second kappa shape index (κ2) is 6.41. The van der Waals surface area contributed by atoms with Gasteiger partial charge in [-0.25, -0.2) is 0 Å².